The number of carbonyl (C=O) groups excluding carboxylic acids is 1. The van der Waals surface area contributed by atoms with E-state index in [9.17, 15) is 13.6 Å². The Hall–Kier alpha value is -3.37. The van der Waals surface area contributed by atoms with E-state index in [2.05, 4.69) is 35.5 Å². The van der Waals surface area contributed by atoms with E-state index in [4.69, 9.17) is 0 Å². The van der Waals surface area contributed by atoms with Crippen LogP contribution in [0.1, 0.15) is 24.9 Å². The van der Waals surface area contributed by atoms with Crippen LogP contribution in [0.4, 0.5) is 19.3 Å². The number of carbonyl (C=O) groups is 1. The second-order valence-electron chi connectivity index (χ2n) is 5.17. The zero-order valence-corrected chi connectivity index (χ0v) is 13.7. The lowest BCUT2D eigenvalue weighted by molar-refractivity contribution is 0.106. The Balaban J connectivity index is 1.55. The lowest BCUT2D eigenvalue weighted by atomic mass is 10.2. The number of hydrogen-bond acceptors (Lipinski definition) is 6. The highest BCUT2D eigenvalue weighted by Gasteiger charge is 2.17. The molecule has 0 saturated carbocycles. The molecule has 2 heterocycles. The second-order valence-corrected chi connectivity index (χ2v) is 5.17. The van der Waals surface area contributed by atoms with Crippen LogP contribution in [0.5, 0.6) is 0 Å². The third-order valence-electron chi connectivity index (χ3n) is 3.33. The number of alkyl halides is 2. The van der Waals surface area contributed by atoms with Crippen LogP contribution in [-0.4, -0.2) is 31.2 Å². The van der Waals surface area contributed by atoms with Gasteiger partial charge in [0.25, 0.3) is 5.89 Å². The van der Waals surface area contributed by atoms with Gasteiger partial charge in [-0.1, -0.05) is 5.16 Å². The van der Waals surface area contributed by atoms with Crippen LogP contribution >= 0.6 is 0 Å². The van der Waals surface area contributed by atoms with E-state index >= 15 is 0 Å². The van der Waals surface area contributed by atoms with Crippen molar-refractivity contribution in [3.05, 3.63) is 42.0 Å². The molecule has 0 aliphatic carbocycles. The summed E-state index contributed by atoms with van der Waals surface area (Å²) in [6.45, 7) is 2.80. The first-order valence-electron chi connectivity index (χ1n) is 7.71. The van der Waals surface area contributed by atoms with Gasteiger partial charge in [0, 0.05) is 11.3 Å². The van der Waals surface area contributed by atoms with E-state index in [-0.39, 0.29) is 12.4 Å². The number of hydrogen-bond donors (Lipinski definition) is 2. The van der Waals surface area contributed by atoms with Crippen LogP contribution in [0.25, 0.3) is 11.4 Å². The first-order chi connectivity index (χ1) is 12.5. The van der Waals surface area contributed by atoms with Crippen LogP contribution in [0.3, 0.4) is 0 Å². The van der Waals surface area contributed by atoms with Crippen molar-refractivity contribution in [1.82, 2.24) is 30.5 Å². The number of aryl methyl sites for hydroxylation is 1. The van der Waals surface area contributed by atoms with Crippen LogP contribution in [0.15, 0.2) is 35.0 Å². The van der Waals surface area contributed by atoms with Crippen LogP contribution in [-0.2, 0) is 13.1 Å². The number of anilines is 1. The van der Waals surface area contributed by atoms with Gasteiger partial charge < -0.3 is 15.2 Å². The molecule has 0 radical (unpaired) electrons. The lowest BCUT2D eigenvalue weighted by Crippen LogP contribution is -2.28. The molecular formula is C15H15F2N7O2. The predicted molar refractivity (Wildman–Crippen MR) is 86.2 cm³/mol. The van der Waals surface area contributed by atoms with Gasteiger partial charge in [0.1, 0.15) is 5.69 Å². The molecule has 0 bridgehead atoms. The van der Waals surface area contributed by atoms with Crippen LogP contribution in [0, 0.1) is 0 Å². The van der Waals surface area contributed by atoms with Gasteiger partial charge in [0.15, 0.2) is 0 Å². The molecule has 0 unspecified atom stereocenters. The zero-order valence-electron chi connectivity index (χ0n) is 13.7. The molecule has 2 aromatic heterocycles. The number of urea groups is 1. The summed E-state index contributed by atoms with van der Waals surface area (Å²) < 4.78 is 29.4. The number of amides is 2. The Morgan fingerprint density at radius 1 is 1.31 bits per heavy atom. The molecule has 1 aromatic carbocycles. The van der Waals surface area contributed by atoms with Crippen LogP contribution in [0.2, 0.25) is 0 Å². The maximum absolute atomic E-state index is 12.5. The lowest BCUT2D eigenvalue weighted by Gasteiger charge is -2.06. The first kappa shape index (κ1) is 17.5. The molecular weight excluding hydrogens is 348 g/mol. The van der Waals surface area contributed by atoms with Crippen molar-refractivity contribution in [2.24, 2.45) is 0 Å². The number of benzene rings is 1. The van der Waals surface area contributed by atoms with E-state index in [1.807, 2.05) is 6.92 Å². The van der Waals surface area contributed by atoms with Crippen molar-refractivity contribution < 1.29 is 18.1 Å². The third kappa shape index (κ3) is 4.18. The highest BCUT2D eigenvalue weighted by atomic mass is 19.3. The molecule has 11 heteroatoms. The van der Waals surface area contributed by atoms with Gasteiger partial charge in [0.05, 0.1) is 19.3 Å². The first-order valence-corrected chi connectivity index (χ1v) is 7.71. The molecule has 0 atom stereocenters. The van der Waals surface area contributed by atoms with E-state index in [0.717, 1.165) is 0 Å². The number of halogens is 2. The minimum Gasteiger partial charge on any atom is -0.333 e. The molecule has 9 nitrogen and oxygen atoms in total. The van der Waals surface area contributed by atoms with Gasteiger partial charge in [-0.25, -0.2) is 4.79 Å². The van der Waals surface area contributed by atoms with Crippen LogP contribution < -0.4 is 10.6 Å². The molecule has 0 saturated heterocycles. The molecule has 3 aromatic rings. The normalized spacial score (nSPS) is 10.9. The highest BCUT2D eigenvalue weighted by molar-refractivity contribution is 5.89. The van der Waals surface area contributed by atoms with Crippen molar-refractivity contribution in [2.45, 2.75) is 26.4 Å². The molecule has 0 spiro atoms. The fraction of sp³-hybridized carbons (Fsp3) is 0.267. The largest absolute Gasteiger partial charge is 0.333 e. The fourth-order valence-electron chi connectivity index (χ4n) is 2.06. The average Bonchev–Trinajstić information content (AvgIpc) is 3.30. The molecule has 2 amide bonds. The van der Waals surface area contributed by atoms with Gasteiger partial charge in [-0.3, -0.25) is 0 Å². The fourth-order valence-corrected chi connectivity index (χ4v) is 2.06. The summed E-state index contributed by atoms with van der Waals surface area (Å²) in [6, 6.07) is 5.95. The Labute approximate surface area is 146 Å². The quantitative estimate of drug-likeness (QED) is 0.696. The van der Waals surface area contributed by atoms with E-state index in [1.165, 1.54) is 4.80 Å². The average molecular weight is 363 g/mol. The Kier molecular flexibility index (Phi) is 5.15. The van der Waals surface area contributed by atoms with E-state index in [0.29, 0.717) is 23.5 Å². The van der Waals surface area contributed by atoms with Gasteiger partial charge in [0.2, 0.25) is 5.82 Å². The molecule has 0 aliphatic rings. The summed E-state index contributed by atoms with van der Waals surface area (Å²) in [5.41, 5.74) is 1.65. The smallest absolute Gasteiger partial charge is 0.319 e. The van der Waals surface area contributed by atoms with Gasteiger partial charge >= 0.3 is 12.5 Å². The molecule has 0 aliphatic heterocycles. The maximum atomic E-state index is 12.5. The summed E-state index contributed by atoms with van der Waals surface area (Å²) in [5.74, 6) is -0.683. The molecule has 2 N–H and O–H groups in total. The number of nitrogens with zero attached hydrogens (tertiary/aromatic N) is 5. The number of rotatable bonds is 6. The number of nitrogens with one attached hydrogen (secondary N) is 2. The van der Waals surface area contributed by atoms with Gasteiger partial charge in [-0.05, 0) is 31.2 Å². The highest BCUT2D eigenvalue weighted by Crippen LogP contribution is 2.22. The summed E-state index contributed by atoms with van der Waals surface area (Å²) in [7, 11) is 0. The van der Waals surface area contributed by atoms with E-state index in [1.54, 1.807) is 30.5 Å². The van der Waals surface area contributed by atoms with Crippen molar-refractivity contribution in [1.29, 1.82) is 0 Å². The Morgan fingerprint density at radius 2 is 2.08 bits per heavy atom. The van der Waals surface area contributed by atoms with Gasteiger partial charge in [-0.15, -0.1) is 0 Å². The minimum atomic E-state index is -2.82. The molecule has 26 heavy (non-hydrogen) atoms. The predicted octanol–water partition coefficient (Wildman–Crippen LogP) is 2.61. The summed E-state index contributed by atoms with van der Waals surface area (Å²) in [4.78, 5) is 17.0. The SMILES string of the molecule is CCn1ncc(CNC(=O)Nc2ccc(-c3noc(C(F)F)n3)cc2)n1. The van der Waals surface area contributed by atoms with Crippen molar-refractivity contribution in [3.63, 3.8) is 0 Å². The van der Waals surface area contributed by atoms with Gasteiger partial charge in [-0.2, -0.15) is 28.8 Å². The maximum Gasteiger partial charge on any atom is 0.319 e. The summed E-state index contributed by atoms with van der Waals surface area (Å²) in [5, 5.41) is 17.0. The molecule has 0 fully saturated rings. The minimum absolute atomic E-state index is 0.0512. The molecule has 136 valence electrons. The molecule has 3 rings (SSSR count). The standard InChI is InChI=1S/C15H15F2N7O2/c1-2-24-19-8-11(22-24)7-18-15(25)20-10-5-3-9(4-6-10)13-21-14(12(16)17)26-23-13/h3-6,8,12H,2,7H2,1H3,(H2,18,20,25). The van der Waals surface area contributed by atoms with Crippen molar-refractivity contribution in [3.8, 4) is 11.4 Å². The Morgan fingerprint density at radius 3 is 2.69 bits per heavy atom. The van der Waals surface area contributed by atoms with Crippen molar-refractivity contribution >= 4 is 11.7 Å². The monoisotopic (exact) mass is 363 g/mol. The number of aromatic nitrogens is 5. The second kappa shape index (κ2) is 7.68. The zero-order chi connectivity index (χ0) is 18.5. The topological polar surface area (TPSA) is 111 Å². The summed E-state index contributed by atoms with van der Waals surface area (Å²) >= 11 is 0. The summed E-state index contributed by atoms with van der Waals surface area (Å²) in [6.07, 6.45) is -1.24. The van der Waals surface area contributed by atoms with Crippen molar-refractivity contribution in [2.75, 3.05) is 5.32 Å². The third-order valence-corrected chi connectivity index (χ3v) is 3.33. The Bertz CT molecular complexity index is 876. The van der Waals surface area contributed by atoms with E-state index < -0.39 is 18.3 Å².